The number of nitrogens with zero attached hydrogens (tertiary/aromatic N) is 3. The second-order valence-electron chi connectivity index (χ2n) is 6.14. The maximum atomic E-state index is 13.0. The van der Waals surface area contributed by atoms with Gasteiger partial charge in [0.25, 0.3) is 0 Å². The summed E-state index contributed by atoms with van der Waals surface area (Å²) in [5.74, 6) is 0.808. The van der Waals surface area contributed by atoms with Crippen LogP contribution in [0.15, 0.2) is 24.4 Å². The van der Waals surface area contributed by atoms with Crippen molar-refractivity contribution in [3.05, 3.63) is 30.0 Å². The number of hydrogen-bond donors (Lipinski definition) is 2. The molecule has 25 heavy (non-hydrogen) atoms. The highest BCUT2D eigenvalue weighted by atomic mass is 35.5. The number of benzene rings is 1. The van der Waals surface area contributed by atoms with E-state index in [1.807, 2.05) is 0 Å². The van der Waals surface area contributed by atoms with Crippen LogP contribution >= 0.6 is 12.4 Å². The standard InChI is InChI=1S/C16H16F3N5.ClH/c1-9-8-24(5-4-20-9)15-14-12(7-21-23-14)11-6-10(16(17,18)19)2-3-13(11)22-15;/h2-3,6-7,9,20,22H,4-5,8H2,1H3;1H. The topological polar surface area (TPSA) is 56.8 Å². The van der Waals surface area contributed by atoms with Gasteiger partial charge in [-0.3, -0.25) is 0 Å². The summed E-state index contributed by atoms with van der Waals surface area (Å²) in [4.78, 5) is 5.42. The van der Waals surface area contributed by atoms with E-state index >= 15 is 0 Å². The molecule has 3 aliphatic heterocycles. The van der Waals surface area contributed by atoms with Crippen LogP contribution in [0, 0.1) is 0 Å². The molecule has 0 saturated carbocycles. The lowest BCUT2D eigenvalue weighted by molar-refractivity contribution is -0.137. The average Bonchev–Trinajstić information content (AvgIpc) is 3.02. The van der Waals surface area contributed by atoms with Crippen LogP contribution in [0.2, 0.25) is 0 Å². The molecule has 0 radical (unpaired) electrons. The molecular formula is C16H17ClF3N5. The number of aromatic amines is 1. The predicted molar refractivity (Wildman–Crippen MR) is 92.4 cm³/mol. The first-order valence-electron chi connectivity index (χ1n) is 7.76. The molecule has 0 amide bonds. The van der Waals surface area contributed by atoms with Crippen LogP contribution in [0.5, 0.6) is 0 Å². The van der Waals surface area contributed by atoms with Gasteiger partial charge in [0, 0.05) is 42.1 Å². The fraction of sp³-hybridized carbons (Fsp3) is 0.375. The van der Waals surface area contributed by atoms with Crippen molar-refractivity contribution >= 4 is 29.1 Å². The molecule has 1 saturated heterocycles. The Labute approximate surface area is 148 Å². The Kier molecular flexibility index (Phi) is 4.51. The van der Waals surface area contributed by atoms with Gasteiger partial charge in [-0.15, -0.1) is 17.5 Å². The van der Waals surface area contributed by atoms with Crippen molar-refractivity contribution in [2.24, 2.45) is 0 Å². The first kappa shape index (κ1) is 17.8. The number of alkyl halides is 3. The molecule has 5 nitrogen and oxygen atoms in total. The van der Waals surface area contributed by atoms with Crippen LogP contribution in [0.3, 0.4) is 0 Å². The maximum absolute atomic E-state index is 13.0. The number of piperazine rings is 1. The summed E-state index contributed by atoms with van der Waals surface area (Å²) in [6, 6.07) is 4.05. The zero-order valence-electron chi connectivity index (χ0n) is 13.4. The lowest BCUT2D eigenvalue weighted by Gasteiger charge is -2.34. The number of rotatable bonds is 1. The summed E-state index contributed by atoms with van der Waals surface area (Å²) in [5.41, 5.74) is 1.22. The van der Waals surface area contributed by atoms with Gasteiger partial charge < -0.3 is 15.2 Å². The van der Waals surface area contributed by atoms with E-state index in [0.29, 0.717) is 28.2 Å². The lowest BCUT2D eigenvalue weighted by Crippen LogP contribution is -2.49. The highest BCUT2D eigenvalue weighted by Crippen LogP contribution is 2.38. The van der Waals surface area contributed by atoms with Crippen LogP contribution in [-0.4, -0.2) is 40.9 Å². The first-order chi connectivity index (χ1) is 11.4. The first-order valence-corrected chi connectivity index (χ1v) is 7.76. The summed E-state index contributed by atoms with van der Waals surface area (Å²) in [7, 11) is 0. The summed E-state index contributed by atoms with van der Waals surface area (Å²) in [5, 5.41) is 11.9. The normalized spacial score (nSPS) is 18.6. The van der Waals surface area contributed by atoms with Crippen molar-refractivity contribution in [3.8, 4) is 11.3 Å². The quantitative estimate of drug-likeness (QED) is 0.689. The molecule has 4 rings (SSSR count). The van der Waals surface area contributed by atoms with Gasteiger partial charge in [-0.05, 0) is 25.1 Å². The zero-order valence-corrected chi connectivity index (χ0v) is 14.2. The molecule has 2 N–H and O–H groups in total. The van der Waals surface area contributed by atoms with Gasteiger partial charge in [0.2, 0.25) is 0 Å². The Morgan fingerprint density at radius 1 is 1.28 bits per heavy atom. The van der Waals surface area contributed by atoms with E-state index in [1.165, 1.54) is 12.3 Å². The van der Waals surface area contributed by atoms with Gasteiger partial charge in [0.1, 0.15) is 11.5 Å². The molecule has 1 atom stereocenters. The van der Waals surface area contributed by atoms with Gasteiger partial charge in [0.05, 0.1) is 11.8 Å². The van der Waals surface area contributed by atoms with E-state index in [0.717, 1.165) is 37.6 Å². The van der Waals surface area contributed by atoms with E-state index in [-0.39, 0.29) is 12.4 Å². The van der Waals surface area contributed by atoms with Crippen LogP contribution in [0.4, 0.5) is 19.0 Å². The van der Waals surface area contributed by atoms with Crippen LogP contribution in [-0.2, 0) is 6.18 Å². The molecule has 0 bridgehead atoms. The number of hydrogen-bond acceptors (Lipinski definition) is 4. The number of H-pyrrole nitrogens is 1. The minimum absolute atomic E-state index is 0. The van der Waals surface area contributed by atoms with Crippen molar-refractivity contribution in [2.75, 3.05) is 24.5 Å². The van der Waals surface area contributed by atoms with Crippen molar-refractivity contribution in [1.29, 1.82) is 0 Å². The average molecular weight is 372 g/mol. The van der Waals surface area contributed by atoms with Gasteiger partial charge >= 0.3 is 6.18 Å². The van der Waals surface area contributed by atoms with E-state index in [2.05, 4.69) is 32.3 Å². The van der Waals surface area contributed by atoms with Gasteiger partial charge in [0.15, 0.2) is 0 Å². The van der Waals surface area contributed by atoms with Crippen LogP contribution in [0.1, 0.15) is 12.5 Å². The van der Waals surface area contributed by atoms with Crippen molar-refractivity contribution in [3.63, 3.8) is 0 Å². The molecule has 134 valence electrons. The third-order valence-electron chi connectivity index (χ3n) is 4.40. The van der Waals surface area contributed by atoms with Gasteiger partial charge in [-0.2, -0.15) is 18.3 Å². The van der Waals surface area contributed by atoms with E-state index in [1.54, 1.807) is 0 Å². The molecule has 1 aromatic carbocycles. The number of nitrogens with one attached hydrogen (secondary N) is 2. The molecule has 0 aliphatic carbocycles. The third-order valence-corrected chi connectivity index (χ3v) is 4.40. The number of halogens is 4. The van der Waals surface area contributed by atoms with Gasteiger partial charge in [-0.25, -0.2) is 0 Å². The molecule has 1 fully saturated rings. The Morgan fingerprint density at radius 3 is 2.80 bits per heavy atom. The number of fused-ring (bicyclic) bond motifs is 3. The highest BCUT2D eigenvalue weighted by molar-refractivity contribution is 5.98. The summed E-state index contributed by atoms with van der Waals surface area (Å²) < 4.78 is 39.0. The molecule has 1 unspecified atom stereocenters. The molecule has 3 aliphatic rings. The van der Waals surface area contributed by atoms with E-state index in [4.69, 9.17) is 0 Å². The minimum atomic E-state index is -4.37. The van der Waals surface area contributed by atoms with Crippen molar-refractivity contribution in [1.82, 2.24) is 20.5 Å². The Balaban J connectivity index is 0.00000182. The monoisotopic (exact) mass is 371 g/mol. The summed E-state index contributed by atoms with van der Waals surface area (Å²) in [6.07, 6.45) is -2.85. The fourth-order valence-corrected chi connectivity index (χ4v) is 3.23. The third kappa shape index (κ3) is 3.11. The number of pyridine rings is 1. The zero-order chi connectivity index (χ0) is 16.9. The lowest BCUT2D eigenvalue weighted by atomic mass is 10.0. The molecule has 9 heteroatoms. The largest absolute Gasteiger partial charge is 0.416 e. The summed E-state index contributed by atoms with van der Waals surface area (Å²) in [6.45, 7) is 4.53. The Morgan fingerprint density at radius 2 is 2.08 bits per heavy atom. The summed E-state index contributed by atoms with van der Waals surface area (Å²) >= 11 is 0. The minimum Gasteiger partial charge on any atom is -0.353 e. The Hall–Kier alpha value is -2.06. The van der Waals surface area contributed by atoms with Crippen LogP contribution in [0.25, 0.3) is 22.2 Å². The van der Waals surface area contributed by atoms with Crippen molar-refractivity contribution < 1.29 is 13.2 Å². The second kappa shape index (κ2) is 6.34. The SMILES string of the molecule is CC1CN(c2[nH]c3ccc(C(F)(F)F)cc3c3cnnc2-3)CCN1.Cl. The molecule has 1 aromatic rings. The molecule has 0 spiro atoms. The van der Waals surface area contributed by atoms with Gasteiger partial charge in [-0.1, -0.05) is 0 Å². The Bertz CT molecular complexity index is 863. The number of anilines is 1. The van der Waals surface area contributed by atoms with E-state index in [9.17, 15) is 13.2 Å². The molecule has 3 heterocycles. The fourth-order valence-electron chi connectivity index (χ4n) is 3.23. The predicted octanol–water partition coefficient (Wildman–Crippen LogP) is 3.30. The van der Waals surface area contributed by atoms with Crippen molar-refractivity contribution in [2.45, 2.75) is 19.1 Å². The highest BCUT2D eigenvalue weighted by Gasteiger charge is 2.31. The smallest absolute Gasteiger partial charge is 0.353 e. The maximum Gasteiger partial charge on any atom is 0.416 e. The molecule has 0 aromatic heterocycles. The second-order valence-corrected chi connectivity index (χ2v) is 6.14. The molecular weight excluding hydrogens is 355 g/mol. The number of aromatic nitrogens is 3. The van der Waals surface area contributed by atoms with E-state index < -0.39 is 11.7 Å². The van der Waals surface area contributed by atoms with Crippen LogP contribution < -0.4 is 10.2 Å².